The second kappa shape index (κ2) is 9.91. The molecule has 2 rings (SSSR count). The van der Waals surface area contributed by atoms with Gasteiger partial charge >= 0.3 is 0 Å². The van der Waals surface area contributed by atoms with Crippen molar-refractivity contribution in [1.82, 2.24) is 5.43 Å². The number of hydrazone groups is 1. The van der Waals surface area contributed by atoms with Crippen LogP contribution in [0, 0.1) is 5.82 Å². The Balaban J connectivity index is 1.79. The molecule has 27 heavy (non-hydrogen) atoms. The zero-order valence-corrected chi connectivity index (χ0v) is 15.0. The van der Waals surface area contributed by atoms with Crippen LogP contribution < -0.4 is 20.2 Å². The molecule has 0 unspecified atom stereocenters. The van der Waals surface area contributed by atoms with Gasteiger partial charge < -0.3 is 14.8 Å². The van der Waals surface area contributed by atoms with Crippen LogP contribution in [0.25, 0.3) is 0 Å². The molecule has 2 N–H and O–H groups in total. The average Bonchev–Trinajstić information content (AvgIpc) is 2.66. The summed E-state index contributed by atoms with van der Waals surface area (Å²) in [5, 5.41) is 6.28. The lowest BCUT2D eigenvalue weighted by Crippen LogP contribution is -2.26. The fourth-order valence-electron chi connectivity index (χ4n) is 2.10. The van der Waals surface area contributed by atoms with Crippen molar-refractivity contribution >= 4 is 23.2 Å². The number of methoxy groups -OCH3 is 1. The van der Waals surface area contributed by atoms with E-state index in [0.717, 1.165) is 0 Å². The van der Waals surface area contributed by atoms with Gasteiger partial charge in [-0.25, -0.2) is 9.82 Å². The monoisotopic (exact) mass is 373 g/mol. The van der Waals surface area contributed by atoms with Gasteiger partial charge in [0.25, 0.3) is 5.91 Å². The molecular weight excluding hydrogens is 353 g/mol. The van der Waals surface area contributed by atoms with Crippen molar-refractivity contribution in [3.05, 3.63) is 54.3 Å². The summed E-state index contributed by atoms with van der Waals surface area (Å²) < 4.78 is 24.0. The summed E-state index contributed by atoms with van der Waals surface area (Å²) in [6, 6.07) is 12.8. The van der Waals surface area contributed by atoms with E-state index in [9.17, 15) is 14.0 Å². The Labute approximate surface area is 156 Å². The molecule has 0 aliphatic rings. The molecule has 0 saturated carbocycles. The van der Waals surface area contributed by atoms with Gasteiger partial charge in [-0.1, -0.05) is 24.3 Å². The quantitative estimate of drug-likeness (QED) is 0.550. The van der Waals surface area contributed by atoms with Gasteiger partial charge in [0.1, 0.15) is 5.82 Å². The highest BCUT2D eigenvalue weighted by molar-refractivity contribution is 6.05. The molecule has 0 aliphatic carbocycles. The molecule has 0 bridgehead atoms. The van der Waals surface area contributed by atoms with Gasteiger partial charge in [-0.15, -0.1) is 0 Å². The van der Waals surface area contributed by atoms with Gasteiger partial charge in [-0.2, -0.15) is 5.10 Å². The number of halogens is 1. The average molecular weight is 373 g/mol. The molecule has 7 nitrogen and oxygen atoms in total. The lowest BCUT2D eigenvalue weighted by molar-refractivity contribution is -0.123. The second-order valence-electron chi connectivity index (χ2n) is 5.53. The highest BCUT2D eigenvalue weighted by atomic mass is 19.1. The maximum absolute atomic E-state index is 13.5. The number of rotatable bonds is 8. The van der Waals surface area contributed by atoms with Gasteiger partial charge in [0.15, 0.2) is 18.1 Å². The fraction of sp³-hybridized carbons (Fsp3) is 0.211. The third-order valence-corrected chi connectivity index (χ3v) is 3.36. The summed E-state index contributed by atoms with van der Waals surface area (Å²) in [6.45, 7) is 1.31. The van der Waals surface area contributed by atoms with Crippen molar-refractivity contribution in [2.24, 2.45) is 5.10 Å². The lowest BCUT2D eigenvalue weighted by Gasteiger charge is -2.09. The summed E-state index contributed by atoms with van der Waals surface area (Å²) >= 11 is 0. The number of anilines is 1. The minimum atomic E-state index is -0.526. The van der Waals surface area contributed by atoms with Crippen molar-refractivity contribution in [1.29, 1.82) is 0 Å². The fourth-order valence-corrected chi connectivity index (χ4v) is 2.10. The summed E-state index contributed by atoms with van der Waals surface area (Å²) in [7, 11) is 1.50. The minimum Gasteiger partial charge on any atom is -0.493 e. The van der Waals surface area contributed by atoms with Crippen molar-refractivity contribution < 1.29 is 23.5 Å². The molecule has 0 saturated heterocycles. The number of nitrogens with zero attached hydrogens (tertiary/aromatic N) is 1. The first-order valence-electron chi connectivity index (χ1n) is 8.11. The highest BCUT2D eigenvalue weighted by Crippen LogP contribution is 2.25. The maximum atomic E-state index is 13.5. The lowest BCUT2D eigenvalue weighted by atomic mass is 10.2. The Hall–Kier alpha value is -3.42. The van der Waals surface area contributed by atoms with Crippen LogP contribution in [-0.4, -0.2) is 31.2 Å². The Morgan fingerprint density at radius 3 is 2.41 bits per heavy atom. The van der Waals surface area contributed by atoms with E-state index >= 15 is 0 Å². The summed E-state index contributed by atoms with van der Waals surface area (Å²) in [6.07, 6.45) is -0.0953. The SMILES string of the molecule is COc1ccccc1OCC(=O)N/N=C(/C)CC(=O)Nc1ccccc1F. The molecule has 0 aliphatic heterocycles. The predicted molar refractivity (Wildman–Crippen MR) is 99.4 cm³/mol. The molecule has 2 amide bonds. The predicted octanol–water partition coefficient (Wildman–Crippen LogP) is 2.73. The smallest absolute Gasteiger partial charge is 0.277 e. The van der Waals surface area contributed by atoms with E-state index in [1.807, 2.05) is 0 Å². The minimum absolute atomic E-state index is 0.0875. The van der Waals surface area contributed by atoms with E-state index in [-0.39, 0.29) is 18.7 Å². The van der Waals surface area contributed by atoms with Gasteiger partial charge in [0.05, 0.1) is 19.2 Å². The third kappa shape index (κ3) is 6.43. The molecule has 2 aromatic carbocycles. The number of hydrogen-bond acceptors (Lipinski definition) is 5. The molecule has 0 spiro atoms. The van der Waals surface area contributed by atoms with E-state index in [2.05, 4.69) is 15.8 Å². The van der Waals surface area contributed by atoms with E-state index in [1.54, 1.807) is 37.3 Å². The standard InChI is InChI=1S/C19H20FN3O4/c1-13(11-18(24)21-15-8-4-3-7-14(15)20)22-23-19(25)12-27-17-10-6-5-9-16(17)26-2/h3-10H,11-12H2,1-2H3,(H,21,24)(H,23,25)/b22-13-. The van der Waals surface area contributed by atoms with Crippen LogP contribution in [0.3, 0.4) is 0 Å². The van der Waals surface area contributed by atoms with Crippen LogP contribution in [0.2, 0.25) is 0 Å². The van der Waals surface area contributed by atoms with Crippen LogP contribution in [0.1, 0.15) is 13.3 Å². The van der Waals surface area contributed by atoms with E-state index in [0.29, 0.717) is 17.2 Å². The summed E-state index contributed by atoms with van der Waals surface area (Å²) in [5.41, 5.74) is 2.74. The van der Waals surface area contributed by atoms with Gasteiger partial charge in [-0.3, -0.25) is 9.59 Å². The van der Waals surface area contributed by atoms with Gasteiger partial charge in [0, 0.05) is 5.71 Å². The molecule has 0 radical (unpaired) electrons. The molecular formula is C19H20FN3O4. The van der Waals surface area contributed by atoms with Crippen LogP contribution in [0.5, 0.6) is 11.5 Å². The first kappa shape index (κ1) is 19.9. The van der Waals surface area contributed by atoms with Crippen molar-refractivity contribution in [2.45, 2.75) is 13.3 Å². The Morgan fingerprint density at radius 1 is 1.04 bits per heavy atom. The molecule has 8 heteroatoms. The van der Waals surface area contributed by atoms with Crippen LogP contribution in [0.4, 0.5) is 10.1 Å². The van der Waals surface area contributed by atoms with Crippen molar-refractivity contribution in [3.63, 3.8) is 0 Å². The number of nitrogens with one attached hydrogen (secondary N) is 2. The number of hydrogen-bond donors (Lipinski definition) is 2. The van der Waals surface area contributed by atoms with Crippen molar-refractivity contribution in [3.8, 4) is 11.5 Å². The topological polar surface area (TPSA) is 89.0 Å². The zero-order valence-electron chi connectivity index (χ0n) is 15.0. The van der Waals surface area contributed by atoms with Crippen LogP contribution in [0.15, 0.2) is 53.6 Å². The Bertz CT molecular complexity index is 839. The first-order chi connectivity index (χ1) is 13.0. The number of para-hydroxylation sites is 3. The van der Waals surface area contributed by atoms with Crippen molar-refractivity contribution in [2.75, 3.05) is 19.0 Å². The largest absolute Gasteiger partial charge is 0.493 e. The normalized spacial score (nSPS) is 10.9. The van der Waals surface area contributed by atoms with Crippen LogP contribution >= 0.6 is 0 Å². The third-order valence-electron chi connectivity index (χ3n) is 3.36. The number of ether oxygens (including phenoxy) is 2. The highest BCUT2D eigenvalue weighted by Gasteiger charge is 2.09. The number of carbonyl (C=O) groups excluding carboxylic acids is 2. The molecule has 0 heterocycles. The second-order valence-corrected chi connectivity index (χ2v) is 5.53. The number of carbonyl (C=O) groups is 2. The molecule has 0 aromatic heterocycles. The Kier molecular flexibility index (Phi) is 7.30. The number of benzene rings is 2. The van der Waals surface area contributed by atoms with E-state index in [1.165, 1.54) is 25.3 Å². The van der Waals surface area contributed by atoms with Crippen LogP contribution in [-0.2, 0) is 9.59 Å². The summed E-state index contributed by atoms with van der Waals surface area (Å²) in [4.78, 5) is 23.7. The van der Waals surface area contributed by atoms with E-state index in [4.69, 9.17) is 9.47 Å². The number of amides is 2. The Morgan fingerprint density at radius 2 is 1.70 bits per heavy atom. The maximum Gasteiger partial charge on any atom is 0.277 e. The molecule has 2 aromatic rings. The first-order valence-corrected chi connectivity index (χ1v) is 8.11. The molecule has 0 fully saturated rings. The van der Waals surface area contributed by atoms with E-state index < -0.39 is 17.6 Å². The zero-order chi connectivity index (χ0) is 19.6. The molecule has 142 valence electrons. The summed E-state index contributed by atoms with van der Waals surface area (Å²) in [5.74, 6) is -0.521. The van der Waals surface area contributed by atoms with Gasteiger partial charge in [0.2, 0.25) is 5.91 Å². The molecule has 0 atom stereocenters. The van der Waals surface area contributed by atoms with Gasteiger partial charge in [-0.05, 0) is 31.2 Å².